The Balaban J connectivity index is 1.65. The largest absolute Gasteiger partial charge is 0.405 e. The van der Waals surface area contributed by atoms with Gasteiger partial charge in [0.1, 0.15) is 23.6 Å². The van der Waals surface area contributed by atoms with Crippen LogP contribution in [-0.4, -0.2) is 28.2 Å². The highest BCUT2D eigenvalue weighted by Gasteiger charge is 2.49. The van der Waals surface area contributed by atoms with Gasteiger partial charge in [-0.3, -0.25) is 4.79 Å². The van der Waals surface area contributed by atoms with E-state index in [1.54, 1.807) is 6.20 Å². The molecule has 0 atom stereocenters. The molecule has 168 valence electrons. The van der Waals surface area contributed by atoms with Crippen LogP contribution >= 0.6 is 0 Å². The van der Waals surface area contributed by atoms with Gasteiger partial charge in [0.05, 0.1) is 0 Å². The highest BCUT2D eigenvalue weighted by atomic mass is 19.4. The number of carbonyl (C=O) groups excluding carboxylic acids is 1. The Bertz CT molecular complexity index is 1090. The van der Waals surface area contributed by atoms with Gasteiger partial charge in [0.15, 0.2) is 0 Å². The molecule has 0 fully saturated rings. The molecule has 1 aromatic heterocycles. The van der Waals surface area contributed by atoms with Gasteiger partial charge in [-0.2, -0.15) is 13.2 Å². The van der Waals surface area contributed by atoms with Crippen molar-refractivity contribution in [3.63, 3.8) is 0 Å². The highest BCUT2D eigenvalue weighted by Crippen LogP contribution is 2.51. The van der Waals surface area contributed by atoms with Crippen LogP contribution in [0.3, 0.4) is 0 Å². The average molecular weight is 442 g/mol. The van der Waals surface area contributed by atoms with Crippen LogP contribution in [0.15, 0.2) is 54.7 Å². The van der Waals surface area contributed by atoms with Crippen molar-refractivity contribution in [1.82, 2.24) is 14.9 Å². The van der Waals surface area contributed by atoms with E-state index in [9.17, 15) is 18.0 Å². The summed E-state index contributed by atoms with van der Waals surface area (Å²) in [6.07, 6.45) is -0.947. The maximum Gasteiger partial charge on any atom is 0.405 e. The molecular formula is C24H25F3N4O. The summed E-state index contributed by atoms with van der Waals surface area (Å²) in [5, 5.41) is 2.16. The number of aryl methyl sites for hydroxylation is 2. The zero-order chi connectivity index (χ0) is 22.9. The lowest BCUT2D eigenvalue weighted by atomic mass is 9.73. The first-order valence-electron chi connectivity index (χ1n) is 10.6. The number of carbonyl (C=O) groups is 1. The van der Waals surface area contributed by atoms with Gasteiger partial charge in [0.25, 0.3) is 0 Å². The van der Waals surface area contributed by atoms with Crippen molar-refractivity contribution in [2.75, 3.05) is 12.3 Å². The van der Waals surface area contributed by atoms with Gasteiger partial charge in [-0.15, -0.1) is 0 Å². The van der Waals surface area contributed by atoms with E-state index in [-0.39, 0.29) is 0 Å². The predicted molar refractivity (Wildman–Crippen MR) is 117 cm³/mol. The van der Waals surface area contributed by atoms with E-state index in [4.69, 9.17) is 5.73 Å². The molecule has 0 spiro atoms. The Labute approximate surface area is 184 Å². The normalized spacial score (nSPS) is 14.1. The number of nitrogen functional groups attached to an aromatic ring is 1. The van der Waals surface area contributed by atoms with E-state index in [0.29, 0.717) is 25.2 Å². The van der Waals surface area contributed by atoms with Crippen LogP contribution in [0.5, 0.6) is 0 Å². The number of aromatic nitrogens is 2. The molecule has 3 aromatic rings. The molecule has 2 aromatic carbocycles. The number of nitrogens with one attached hydrogen (secondary N) is 1. The number of unbranched alkanes of at least 4 members (excludes halogenated alkanes) is 1. The summed E-state index contributed by atoms with van der Waals surface area (Å²) in [4.78, 5) is 17.6. The third-order valence-electron chi connectivity index (χ3n) is 6.10. The fourth-order valence-electron chi connectivity index (χ4n) is 4.72. The number of alkyl halides is 3. The number of hydrogen-bond acceptors (Lipinski definition) is 3. The summed E-state index contributed by atoms with van der Waals surface area (Å²) >= 11 is 0. The Morgan fingerprint density at radius 2 is 1.66 bits per heavy atom. The Morgan fingerprint density at radius 1 is 1.06 bits per heavy atom. The maximum atomic E-state index is 13.4. The Morgan fingerprint density at radius 3 is 2.19 bits per heavy atom. The predicted octanol–water partition coefficient (Wildman–Crippen LogP) is 4.59. The summed E-state index contributed by atoms with van der Waals surface area (Å²) in [6.45, 7) is 1.18. The van der Waals surface area contributed by atoms with Crippen LogP contribution < -0.4 is 11.1 Å². The van der Waals surface area contributed by atoms with Crippen molar-refractivity contribution in [3.05, 3.63) is 71.7 Å². The third-order valence-corrected chi connectivity index (χ3v) is 6.10. The van der Waals surface area contributed by atoms with Crippen LogP contribution in [0.1, 0.15) is 36.2 Å². The van der Waals surface area contributed by atoms with Crippen LogP contribution in [-0.2, 0) is 16.8 Å². The second-order valence-electron chi connectivity index (χ2n) is 8.16. The molecule has 3 N–H and O–H groups in total. The molecule has 0 saturated carbocycles. The average Bonchev–Trinajstić information content (AvgIpc) is 3.23. The number of benzene rings is 2. The summed E-state index contributed by atoms with van der Waals surface area (Å²) < 4.78 is 40.7. The number of imidazole rings is 1. The third kappa shape index (κ3) is 3.97. The van der Waals surface area contributed by atoms with Crippen molar-refractivity contribution >= 4 is 11.7 Å². The first-order chi connectivity index (χ1) is 15.2. The van der Waals surface area contributed by atoms with Crippen molar-refractivity contribution in [1.29, 1.82) is 0 Å². The zero-order valence-corrected chi connectivity index (χ0v) is 17.7. The molecule has 4 rings (SSSR count). The quantitative estimate of drug-likeness (QED) is 0.526. The number of rotatable bonds is 7. The van der Waals surface area contributed by atoms with Crippen LogP contribution in [0, 0.1) is 6.92 Å². The molecule has 32 heavy (non-hydrogen) atoms. The number of fused-ring (bicyclic) bond motifs is 3. The lowest BCUT2D eigenvalue weighted by molar-refractivity contribution is -0.141. The van der Waals surface area contributed by atoms with E-state index in [0.717, 1.165) is 34.5 Å². The van der Waals surface area contributed by atoms with Crippen molar-refractivity contribution in [2.45, 2.75) is 44.3 Å². The zero-order valence-electron chi connectivity index (χ0n) is 17.7. The van der Waals surface area contributed by atoms with Gasteiger partial charge in [0, 0.05) is 12.7 Å². The Hall–Kier alpha value is -3.29. The first-order valence-corrected chi connectivity index (χ1v) is 10.6. The van der Waals surface area contributed by atoms with Crippen molar-refractivity contribution in [3.8, 4) is 11.1 Å². The summed E-state index contributed by atoms with van der Waals surface area (Å²) in [6, 6.07) is 15.0. The smallest absolute Gasteiger partial charge is 0.382 e. The molecule has 8 heteroatoms. The monoisotopic (exact) mass is 442 g/mol. The molecule has 1 aliphatic carbocycles. The van der Waals surface area contributed by atoms with Crippen LogP contribution in [0.25, 0.3) is 11.1 Å². The highest BCUT2D eigenvalue weighted by molar-refractivity contribution is 6.00. The summed E-state index contributed by atoms with van der Waals surface area (Å²) in [5.74, 6) is 0.635. The van der Waals surface area contributed by atoms with Crippen LogP contribution in [0.2, 0.25) is 0 Å². The van der Waals surface area contributed by atoms with Gasteiger partial charge in [0.2, 0.25) is 5.91 Å². The van der Waals surface area contributed by atoms with E-state index in [2.05, 4.69) is 10.3 Å². The molecule has 0 aliphatic heterocycles. The van der Waals surface area contributed by atoms with Gasteiger partial charge in [-0.25, -0.2) is 4.98 Å². The second kappa shape index (κ2) is 8.33. The molecule has 1 aliphatic rings. The minimum absolute atomic E-state index is 0.397. The van der Waals surface area contributed by atoms with Crippen molar-refractivity contribution in [2.24, 2.45) is 0 Å². The molecule has 0 radical (unpaired) electrons. The molecule has 0 bridgehead atoms. The van der Waals surface area contributed by atoms with Gasteiger partial charge < -0.3 is 15.6 Å². The first kappa shape index (κ1) is 21.9. The standard InChI is InChI=1S/C24H25F3N4O/c1-16-30-21(28)14-31(16)13-7-6-12-23(22(32)29-15-24(25,26)27)19-10-4-2-8-17(19)18-9-3-5-11-20(18)23/h2-5,8-11,14H,6-7,12-13,15,28H2,1H3,(H,29,32). The molecular weight excluding hydrogens is 417 g/mol. The molecule has 1 heterocycles. The fraction of sp³-hybridized carbons (Fsp3) is 0.333. The number of halogens is 3. The van der Waals surface area contributed by atoms with E-state index in [1.807, 2.05) is 60.0 Å². The fourth-order valence-corrected chi connectivity index (χ4v) is 4.72. The van der Waals surface area contributed by atoms with Crippen molar-refractivity contribution < 1.29 is 18.0 Å². The lowest BCUT2D eigenvalue weighted by Gasteiger charge is -2.31. The summed E-state index contributed by atoms with van der Waals surface area (Å²) in [7, 11) is 0. The van der Waals surface area contributed by atoms with E-state index >= 15 is 0 Å². The molecule has 5 nitrogen and oxygen atoms in total. The number of hydrogen-bond donors (Lipinski definition) is 2. The molecule has 1 amide bonds. The lowest BCUT2D eigenvalue weighted by Crippen LogP contribution is -2.47. The number of nitrogens with zero attached hydrogens (tertiary/aromatic N) is 2. The van der Waals surface area contributed by atoms with Gasteiger partial charge >= 0.3 is 6.18 Å². The summed E-state index contributed by atoms with van der Waals surface area (Å²) in [5.41, 5.74) is 7.87. The number of anilines is 1. The van der Waals surface area contributed by atoms with Gasteiger partial charge in [-0.05, 0) is 48.4 Å². The minimum atomic E-state index is -4.48. The second-order valence-corrected chi connectivity index (χ2v) is 8.16. The number of nitrogens with two attached hydrogens (primary N) is 1. The molecule has 0 saturated heterocycles. The maximum absolute atomic E-state index is 13.4. The topological polar surface area (TPSA) is 72.9 Å². The van der Waals surface area contributed by atoms with E-state index in [1.165, 1.54) is 0 Å². The SMILES string of the molecule is Cc1nc(N)cn1CCCCC1(C(=O)NCC(F)(F)F)c2ccccc2-c2ccccc21. The van der Waals surface area contributed by atoms with Gasteiger partial charge in [-0.1, -0.05) is 48.5 Å². The number of amides is 1. The molecule has 0 unspecified atom stereocenters. The Kier molecular flexibility index (Phi) is 5.71. The van der Waals surface area contributed by atoms with E-state index < -0.39 is 24.0 Å². The minimum Gasteiger partial charge on any atom is -0.382 e. The van der Waals surface area contributed by atoms with Crippen LogP contribution in [0.4, 0.5) is 19.0 Å².